The average Bonchev–Trinajstić information content (AvgIpc) is 3.17. The standard InChI is InChI=1S/C14H20ClN5O/c15-12-16-13(19-5-1-2-6-19)18-14(17-12)20-7-9-3-4-11(21)10(9)8-20/h9-11,21H,1-8H2. The maximum absolute atomic E-state index is 10.0. The summed E-state index contributed by atoms with van der Waals surface area (Å²) in [7, 11) is 0. The molecule has 0 bridgehead atoms. The third-order valence-corrected chi connectivity index (χ3v) is 5.24. The summed E-state index contributed by atoms with van der Waals surface area (Å²) in [4.78, 5) is 17.5. The zero-order valence-electron chi connectivity index (χ0n) is 12.0. The molecule has 1 aliphatic carbocycles. The number of aliphatic hydroxyl groups is 1. The molecule has 3 aliphatic rings. The Labute approximate surface area is 129 Å². The van der Waals surface area contributed by atoms with E-state index in [0.29, 0.717) is 23.7 Å². The molecule has 4 rings (SSSR count). The van der Waals surface area contributed by atoms with Gasteiger partial charge in [0.05, 0.1) is 6.10 Å². The molecule has 0 radical (unpaired) electrons. The smallest absolute Gasteiger partial charge is 0.231 e. The first-order valence-electron chi connectivity index (χ1n) is 7.80. The zero-order chi connectivity index (χ0) is 14.4. The molecule has 2 aliphatic heterocycles. The van der Waals surface area contributed by atoms with E-state index >= 15 is 0 Å². The van der Waals surface area contributed by atoms with E-state index in [1.54, 1.807) is 0 Å². The van der Waals surface area contributed by atoms with Crippen LogP contribution < -0.4 is 9.80 Å². The minimum atomic E-state index is -0.171. The first-order chi connectivity index (χ1) is 10.2. The van der Waals surface area contributed by atoms with Crippen LogP contribution in [-0.4, -0.2) is 52.3 Å². The number of nitrogens with zero attached hydrogens (tertiary/aromatic N) is 5. The molecular weight excluding hydrogens is 290 g/mol. The predicted molar refractivity (Wildman–Crippen MR) is 80.7 cm³/mol. The number of aliphatic hydroxyl groups excluding tert-OH is 1. The van der Waals surface area contributed by atoms with Crippen molar-refractivity contribution >= 4 is 23.5 Å². The second-order valence-electron chi connectivity index (χ2n) is 6.37. The predicted octanol–water partition coefficient (Wildman–Crippen LogP) is 1.33. The van der Waals surface area contributed by atoms with E-state index in [0.717, 1.165) is 39.0 Å². The van der Waals surface area contributed by atoms with Gasteiger partial charge in [0.1, 0.15) is 0 Å². The van der Waals surface area contributed by atoms with Crippen LogP contribution in [0.4, 0.5) is 11.9 Å². The molecule has 1 aromatic heterocycles. The summed E-state index contributed by atoms with van der Waals surface area (Å²) >= 11 is 6.09. The normalized spacial score (nSPS) is 32.0. The molecule has 2 saturated heterocycles. The first-order valence-corrected chi connectivity index (χ1v) is 8.18. The lowest BCUT2D eigenvalue weighted by Crippen LogP contribution is -2.28. The van der Waals surface area contributed by atoms with Crippen molar-refractivity contribution < 1.29 is 5.11 Å². The van der Waals surface area contributed by atoms with E-state index in [4.69, 9.17) is 11.6 Å². The molecule has 0 aromatic carbocycles. The molecule has 1 aromatic rings. The van der Waals surface area contributed by atoms with Gasteiger partial charge in [-0.25, -0.2) is 0 Å². The van der Waals surface area contributed by atoms with Crippen molar-refractivity contribution in [2.24, 2.45) is 11.8 Å². The van der Waals surface area contributed by atoms with E-state index in [-0.39, 0.29) is 11.4 Å². The highest BCUT2D eigenvalue weighted by Crippen LogP contribution is 2.39. The van der Waals surface area contributed by atoms with Crippen molar-refractivity contribution in [3.63, 3.8) is 0 Å². The number of rotatable bonds is 2. The minimum Gasteiger partial charge on any atom is -0.393 e. The highest BCUT2D eigenvalue weighted by molar-refractivity contribution is 6.28. The molecule has 6 nitrogen and oxygen atoms in total. The summed E-state index contributed by atoms with van der Waals surface area (Å²) in [5, 5.41) is 10.3. The van der Waals surface area contributed by atoms with Crippen LogP contribution in [0, 0.1) is 11.8 Å². The van der Waals surface area contributed by atoms with Crippen LogP contribution >= 0.6 is 11.6 Å². The van der Waals surface area contributed by atoms with Gasteiger partial charge in [-0.15, -0.1) is 0 Å². The molecule has 0 spiro atoms. The molecule has 3 fully saturated rings. The van der Waals surface area contributed by atoms with Crippen LogP contribution in [0.3, 0.4) is 0 Å². The van der Waals surface area contributed by atoms with Crippen molar-refractivity contribution in [1.29, 1.82) is 0 Å². The molecular formula is C14H20ClN5O. The second kappa shape index (κ2) is 5.25. The van der Waals surface area contributed by atoms with Gasteiger partial charge in [0.25, 0.3) is 0 Å². The third kappa shape index (κ3) is 2.44. The van der Waals surface area contributed by atoms with Crippen LogP contribution in [0.2, 0.25) is 5.28 Å². The zero-order valence-corrected chi connectivity index (χ0v) is 12.7. The van der Waals surface area contributed by atoms with Gasteiger partial charge in [-0.2, -0.15) is 15.0 Å². The van der Waals surface area contributed by atoms with Crippen LogP contribution in [0.5, 0.6) is 0 Å². The van der Waals surface area contributed by atoms with Crippen molar-refractivity contribution in [1.82, 2.24) is 15.0 Å². The van der Waals surface area contributed by atoms with Gasteiger partial charge in [-0.3, -0.25) is 0 Å². The Morgan fingerprint density at radius 1 is 0.952 bits per heavy atom. The van der Waals surface area contributed by atoms with Crippen molar-refractivity contribution in [2.45, 2.75) is 31.8 Å². The second-order valence-corrected chi connectivity index (χ2v) is 6.71. The number of fused-ring (bicyclic) bond motifs is 1. The van der Waals surface area contributed by atoms with E-state index < -0.39 is 0 Å². The first kappa shape index (κ1) is 13.5. The number of anilines is 2. The molecule has 0 amide bonds. The van der Waals surface area contributed by atoms with Gasteiger partial charge in [0.15, 0.2) is 0 Å². The molecule has 7 heteroatoms. The van der Waals surface area contributed by atoms with Gasteiger partial charge in [0.2, 0.25) is 17.2 Å². The average molecular weight is 310 g/mol. The Kier molecular flexibility index (Phi) is 3.38. The fourth-order valence-corrected chi connectivity index (χ4v) is 4.08. The Bertz CT molecular complexity index is 536. The Balaban J connectivity index is 1.57. The summed E-state index contributed by atoms with van der Waals surface area (Å²) in [5.41, 5.74) is 0. The summed E-state index contributed by atoms with van der Waals surface area (Å²) in [6.45, 7) is 3.72. The topological polar surface area (TPSA) is 65.4 Å². The summed E-state index contributed by atoms with van der Waals surface area (Å²) in [6, 6.07) is 0. The van der Waals surface area contributed by atoms with Crippen LogP contribution in [-0.2, 0) is 0 Å². The number of aromatic nitrogens is 3. The molecule has 3 unspecified atom stereocenters. The van der Waals surface area contributed by atoms with E-state index in [9.17, 15) is 5.11 Å². The van der Waals surface area contributed by atoms with Crippen LogP contribution in [0.1, 0.15) is 25.7 Å². The maximum Gasteiger partial charge on any atom is 0.231 e. The van der Waals surface area contributed by atoms with Gasteiger partial charge in [-0.1, -0.05) is 0 Å². The van der Waals surface area contributed by atoms with Crippen LogP contribution in [0.15, 0.2) is 0 Å². The third-order valence-electron chi connectivity index (χ3n) is 5.08. The van der Waals surface area contributed by atoms with Gasteiger partial charge in [0, 0.05) is 32.1 Å². The highest BCUT2D eigenvalue weighted by atomic mass is 35.5. The monoisotopic (exact) mass is 309 g/mol. The number of halogens is 1. The summed E-state index contributed by atoms with van der Waals surface area (Å²) in [5.74, 6) is 2.28. The maximum atomic E-state index is 10.0. The van der Waals surface area contributed by atoms with Crippen molar-refractivity contribution in [2.75, 3.05) is 36.0 Å². The highest BCUT2D eigenvalue weighted by Gasteiger charge is 2.42. The SMILES string of the molecule is OC1CCC2CN(c3nc(Cl)nc(N4CCCC4)n3)CC12. The van der Waals surface area contributed by atoms with Crippen molar-refractivity contribution in [3.05, 3.63) is 5.28 Å². The van der Waals surface area contributed by atoms with Gasteiger partial charge in [-0.05, 0) is 43.2 Å². The Morgan fingerprint density at radius 3 is 2.38 bits per heavy atom. The molecule has 3 heterocycles. The number of hydrogen-bond donors (Lipinski definition) is 1. The summed E-state index contributed by atoms with van der Waals surface area (Å²) < 4.78 is 0. The van der Waals surface area contributed by atoms with E-state index in [1.807, 2.05) is 0 Å². The largest absolute Gasteiger partial charge is 0.393 e. The van der Waals surface area contributed by atoms with E-state index in [1.165, 1.54) is 12.8 Å². The molecule has 1 saturated carbocycles. The Hall–Kier alpha value is -1.14. The fraction of sp³-hybridized carbons (Fsp3) is 0.786. The molecule has 114 valence electrons. The fourth-order valence-electron chi connectivity index (χ4n) is 3.93. The van der Waals surface area contributed by atoms with Gasteiger partial charge < -0.3 is 14.9 Å². The van der Waals surface area contributed by atoms with Crippen molar-refractivity contribution in [3.8, 4) is 0 Å². The lowest BCUT2D eigenvalue weighted by molar-refractivity contribution is 0.133. The van der Waals surface area contributed by atoms with Crippen LogP contribution in [0.25, 0.3) is 0 Å². The quantitative estimate of drug-likeness (QED) is 0.889. The van der Waals surface area contributed by atoms with Gasteiger partial charge >= 0.3 is 0 Å². The molecule has 1 N–H and O–H groups in total. The lowest BCUT2D eigenvalue weighted by atomic mass is 10.00. The van der Waals surface area contributed by atoms with E-state index in [2.05, 4.69) is 24.8 Å². The molecule has 21 heavy (non-hydrogen) atoms. The Morgan fingerprint density at radius 2 is 1.67 bits per heavy atom. The molecule has 3 atom stereocenters. The lowest BCUT2D eigenvalue weighted by Gasteiger charge is -2.21. The minimum absolute atomic E-state index is 0.171. The summed E-state index contributed by atoms with van der Waals surface area (Å²) in [6.07, 6.45) is 4.22. The number of hydrogen-bond acceptors (Lipinski definition) is 6.